The topological polar surface area (TPSA) is 44.8 Å². The average Bonchev–Trinajstić information content (AvgIpc) is 2.62. The van der Waals surface area contributed by atoms with Gasteiger partial charge in [-0.25, -0.2) is 0 Å². The summed E-state index contributed by atoms with van der Waals surface area (Å²) in [5, 5.41) is 3.54. The van der Waals surface area contributed by atoms with Gasteiger partial charge in [-0.2, -0.15) is 0 Å². The number of hydrogen-bond acceptors (Lipinski definition) is 4. The van der Waals surface area contributed by atoms with E-state index in [4.69, 9.17) is 4.74 Å². The third-order valence-corrected chi connectivity index (χ3v) is 5.18. The molecule has 0 aromatic heterocycles. The number of carbonyl (C=O) groups is 1. The van der Waals surface area contributed by atoms with Crippen LogP contribution in [0.2, 0.25) is 0 Å². The van der Waals surface area contributed by atoms with E-state index in [1.54, 1.807) is 0 Å². The van der Waals surface area contributed by atoms with Gasteiger partial charge in [0.05, 0.1) is 0 Å². The van der Waals surface area contributed by atoms with E-state index in [2.05, 4.69) is 24.3 Å². The normalized spacial score (nSPS) is 20.4. The van der Waals surface area contributed by atoms with Crippen LogP contribution in [0.5, 0.6) is 0 Å². The van der Waals surface area contributed by atoms with Gasteiger partial charge >= 0.3 is 0 Å². The Bertz CT molecular complexity index is 547. The van der Waals surface area contributed by atoms with Gasteiger partial charge in [-0.3, -0.25) is 4.79 Å². The third-order valence-electron chi connectivity index (χ3n) is 5.18. The minimum atomic E-state index is 0.155. The predicted molar refractivity (Wildman–Crippen MR) is 96.5 cm³/mol. The first-order chi connectivity index (χ1) is 11.6. The molecule has 2 aliphatic heterocycles. The molecule has 2 fully saturated rings. The van der Waals surface area contributed by atoms with Crippen LogP contribution in [0.3, 0.4) is 0 Å². The summed E-state index contributed by atoms with van der Waals surface area (Å²) in [6.07, 6.45) is 4.16. The fourth-order valence-corrected chi connectivity index (χ4v) is 3.59. The first-order valence-electron chi connectivity index (χ1n) is 9.03. The van der Waals surface area contributed by atoms with Gasteiger partial charge in [-0.05, 0) is 58.0 Å². The lowest BCUT2D eigenvalue weighted by molar-refractivity contribution is 0.0663. The second kappa shape index (κ2) is 7.99. The van der Waals surface area contributed by atoms with Crippen molar-refractivity contribution in [2.24, 2.45) is 0 Å². The van der Waals surface area contributed by atoms with Crippen molar-refractivity contribution in [3.63, 3.8) is 0 Å². The predicted octanol–water partition coefficient (Wildman–Crippen LogP) is 2.44. The fourth-order valence-electron chi connectivity index (χ4n) is 3.59. The molecule has 24 heavy (non-hydrogen) atoms. The van der Waals surface area contributed by atoms with Gasteiger partial charge in [-0.1, -0.05) is 6.07 Å². The Morgan fingerprint density at radius 3 is 2.54 bits per heavy atom. The number of nitrogens with zero attached hydrogens (tertiary/aromatic N) is 2. The molecule has 0 saturated carbocycles. The zero-order valence-corrected chi connectivity index (χ0v) is 14.8. The number of benzene rings is 1. The quantitative estimate of drug-likeness (QED) is 0.920. The zero-order valence-electron chi connectivity index (χ0n) is 14.8. The van der Waals surface area contributed by atoms with Gasteiger partial charge in [0.15, 0.2) is 0 Å². The Morgan fingerprint density at radius 1 is 1.17 bits per heavy atom. The molecule has 0 spiro atoms. The van der Waals surface area contributed by atoms with Crippen LogP contribution in [-0.4, -0.2) is 68.2 Å². The molecule has 132 valence electrons. The highest BCUT2D eigenvalue weighted by Gasteiger charge is 2.24. The average molecular weight is 331 g/mol. The lowest BCUT2D eigenvalue weighted by Gasteiger charge is -2.35. The highest BCUT2D eigenvalue weighted by molar-refractivity contribution is 5.95. The third kappa shape index (κ3) is 4.28. The number of hydrogen-bond donors (Lipinski definition) is 1. The minimum absolute atomic E-state index is 0.155. The number of nitrogens with one attached hydrogen (secondary N) is 1. The van der Waals surface area contributed by atoms with Crippen molar-refractivity contribution in [1.29, 1.82) is 0 Å². The highest BCUT2D eigenvalue weighted by atomic mass is 16.5. The molecule has 3 rings (SSSR count). The molecule has 1 aromatic rings. The zero-order chi connectivity index (χ0) is 16.9. The molecule has 0 unspecified atom stereocenters. The summed E-state index contributed by atoms with van der Waals surface area (Å²) in [4.78, 5) is 17.0. The van der Waals surface area contributed by atoms with Crippen LogP contribution >= 0.6 is 0 Å². The Kier molecular flexibility index (Phi) is 5.74. The monoisotopic (exact) mass is 331 g/mol. The van der Waals surface area contributed by atoms with Gasteiger partial charge in [-0.15, -0.1) is 0 Å². The number of likely N-dealkylation sites (tertiary alicyclic amines) is 1. The number of carbonyl (C=O) groups excluding carboxylic acids is 1. The van der Waals surface area contributed by atoms with E-state index in [9.17, 15) is 4.79 Å². The molecule has 2 saturated heterocycles. The maximum Gasteiger partial charge on any atom is 0.253 e. The Labute approximate surface area is 145 Å². The second-order valence-corrected chi connectivity index (χ2v) is 7.10. The molecule has 0 atom stereocenters. The van der Waals surface area contributed by atoms with Gasteiger partial charge in [0.1, 0.15) is 0 Å². The lowest BCUT2D eigenvalue weighted by Crippen LogP contribution is -2.44. The maximum absolute atomic E-state index is 12.8. The van der Waals surface area contributed by atoms with Crippen LogP contribution in [0.1, 0.15) is 36.0 Å². The van der Waals surface area contributed by atoms with E-state index in [-0.39, 0.29) is 5.91 Å². The van der Waals surface area contributed by atoms with Gasteiger partial charge in [0.25, 0.3) is 5.91 Å². The van der Waals surface area contributed by atoms with Crippen molar-refractivity contribution in [3.8, 4) is 0 Å². The molecule has 5 nitrogen and oxygen atoms in total. The van der Waals surface area contributed by atoms with Crippen molar-refractivity contribution in [2.75, 3.05) is 45.7 Å². The van der Waals surface area contributed by atoms with Crippen molar-refractivity contribution < 1.29 is 9.53 Å². The second-order valence-electron chi connectivity index (χ2n) is 7.10. The highest BCUT2D eigenvalue weighted by Crippen LogP contribution is 2.20. The van der Waals surface area contributed by atoms with Gasteiger partial charge < -0.3 is 19.9 Å². The number of amides is 1. The van der Waals surface area contributed by atoms with E-state index < -0.39 is 0 Å². The van der Waals surface area contributed by atoms with E-state index in [1.165, 1.54) is 0 Å². The number of rotatable bonds is 4. The van der Waals surface area contributed by atoms with Gasteiger partial charge in [0.2, 0.25) is 0 Å². The Morgan fingerprint density at radius 2 is 1.88 bits per heavy atom. The standard InChI is InChI=1S/C19H29N3O2/c1-21(2)18-6-10-22(11-7-18)19(23)15-4-3-5-17(14-15)20-16-8-12-24-13-9-16/h3-5,14,16,18,20H,6-13H2,1-2H3. The molecule has 2 aliphatic rings. The maximum atomic E-state index is 12.8. The summed E-state index contributed by atoms with van der Waals surface area (Å²) >= 11 is 0. The summed E-state index contributed by atoms with van der Waals surface area (Å²) in [5.74, 6) is 0.155. The summed E-state index contributed by atoms with van der Waals surface area (Å²) in [6, 6.07) is 8.98. The molecule has 5 heteroatoms. The van der Waals surface area contributed by atoms with Crippen LogP contribution in [0.4, 0.5) is 5.69 Å². The summed E-state index contributed by atoms with van der Waals surface area (Å²) < 4.78 is 5.40. The van der Waals surface area contributed by atoms with Crippen LogP contribution in [0.15, 0.2) is 24.3 Å². The van der Waals surface area contributed by atoms with Crippen molar-refractivity contribution in [3.05, 3.63) is 29.8 Å². The number of piperidine rings is 1. The molecular formula is C19H29N3O2. The smallest absolute Gasteiger partial charge is 0.253 e. The van der Waals surface area contributed by atoms with Crippen LogP contribution in [0, 0.1) is 0 Å². The number of ether oxygens (including phenoxy) is 1. The summed E-state index contributed by atoms with van der Waals surface area (Å²) in [6.45, 7) is 3.33. The minimum Gasteiger partial charge on any atom is -0.382 e. The molecular weight excluding hydrogens is 302 g/mol. The SMILES string of the molecule is CN(C)C1CCN(C(=O)c2cccc(NC3CCOCC3)c2)CC1. The molecule has 0 aliphatic carbocycles. The Hall–Kier alpha value is -1.59. The van der Waals surface area contributed by atoms with Crippen molar-refractivity contribution in [2.45, 2.75) is 37.8 Å². The van der Waals surface area contributed by atoms with E-state index in [1.807, 2.05) is 29.2 Å². The molecule has 1 amide bonds. The van der Waals surface area contributed by atoms with E-state index in [0.717, 1.165) is 63.2 Å². The van der Waals surface area contributed by atoms with Gasteiger partial charge in [0, 0.05) is 49.6 Å². The molecule has 1 N–H and O–H groups in total. The summed E-state index contributed by atoms with van der Waals surface area (Å²) in [5.41, 5.74) is 1.83. The molecule has 1 aromatic carbocycles. The van der Waals surface area contributed by atoms with Crippen LogP contribution < -0.4 is 5.32 Å². The van der Waals surface area contributed by atoms with Crippen molar-refractivity contribution >= 4 is 11.6 Å². The molecule has 0 bridgehead atoms. The van der Waals surface area contributed by atoms with Crippen molar-refractivity contribution in [1.82, 2.24) is 9.80 Å². The Balaban J connectivity index is 1.60. The van der Waals surface area contributed by atoms with E-state index >= 15 is 0 Å². The fraction of sp³-hybridized carbons (Fsp3) is 0.632. The molecule has 2 heterocycles. The lowest BCUT2D eigenvalue weighted by atomic mass is 10.0. The summed E-state index contributed by atoms with van der Waals surface area (Å²) in [7, 11) is 4.24. The van der Waals surface area contributed by atoms with Crippen LogP contribution in [-0.2, 0) is 4.74 Å². The van der Waals surface area contributed by atoms with Crippen LogP contribution in [0.25, 0.3) is 0 Å². The molecule has 0 radical (unpaired) electrons. The largest absolute Gasteiger partial charge is 0.382 e. The van der Waals surface area contributed by atoms with E-state index in [0.29, 0.717) is 12.1 Å². The number of anilines is 1. The first kappa shape index (κ1) is 17.2. The first-order valence-corrected chi connectivity index (χ1v) is 9.03.